The van der Waals surface area contributed by atoms with Crippen LogP contribution in [0.3, 0.4) is 0 Å². The molecule has 1 unspecified atom stereocenters. The molecule has 0 saturated carbocycles. The van der Waals surface area contributed by atoms with Gasteiger partial charge in [0.15, 0.2) is 0 Å². The lowest BCUT2D eigenvalue weighted by Crippen LogP contribution is -2.27. The highest BCUT2D eigenvalue weighted by Gasteiger charge is 2.28. The summed E-state index contributed by atoms with van der Waals surface area (Å²) in [7, 11) is 0. The van der Waals surface area contributed by atoms with Crippen LogP contribution < -0.4 is 4.74 Å². The minimum absolute atomic E-state index is 0.100. The van der Waals surface area contributed by atoms with Crippen molar-refractivity contribution in [2.75, 3.05) is 26.2 Å². The highest BCUT2D eigenvalue weighted by atomic mass is 35.5. The Morgan fingerprint density at radius 3 is 1.51 bits per heavy atom. The van der Waals surface area contributed by atoms with Crippen LogP contribution in [0.2, 0.25) is 5.02 Å². The van der Waals surface area contributed by atoms with Gasteiger partial charge in [-0.2, -0.15) is 0 Å². The number of halogens is 1. The Hall–Kier alpha value is -3.07. The van der Waals surface area contributed by atoms with Crippen molar-refractivity contribution < 1.29 is 4.74 Å². The minimum atomic E-state index is 0.100. The molecule has 0 bridgehead atoms. The number of likely N-dealkylation sites (N-methyl/N-ethyl adjacent to an activating group) is 1. The molecule has 4 aromatic rings. The molecule has 0 N–H and O–H groups in total. The van der Waals surface area contributed by atoms with Gasteiger partial charge in [-0.05, 0) is 47.5 Å². The summed E-state index contributed by atoms with van der Waals surface area (Å²) in [5, 5.41) is 0.655. The van der Waals surface area contributed by atoms with Gasteiger partial charge in [-0.3, -0.25) is 0 Å². The van der Waals surface area contributed by atoms with Crippen molar-refractivity contribution in [1.29, 1.82) is 0 Å². The van der Waals surface area contributed by atoms with Gasteiger partial charge >= 0.3 is 0 Å². The molecule has 0 aromatic heterocycles. The van der Waals surface area contributed by atoms with Crippen molar-refractivity contribution in [1.82, 2.24) is 4.90 Å². The molecule has 0 radical (unpaired) electrons. The molecule has 4 rings (SSSR count). The Kier molecular flexibility index (Phi) is 9.00. The lowest BCUT2D eigenvalue weighted by Gasteiger charge is -2.30. The second-order valence-corrected chi connectivity index (χ2v) is 9.16. The average Bonchev–Trinajstić information content (AvgIpc) is 2.92. The predicted molar refractivity (Wildman–Crippen MR) is 148 cm³/mol. The Labute approximate surface area is 215 Å². The number of benzene rings is 4. The van der Waals surface area contributed by atoms with Gasteiger partial charge in [0.05, 0.1) is 5.02 Å². The quantitative estimate of drug-likeness (QED) is 0.214. The van der Waals surface area contributed by atoms with Crippen molar-refractivity contribution in [2.24, 2.45) is 0 Å². The van der Waals surface area contributed by atoms with Gasteiger partial charge in [-0.1, -0.05) is 123 Å². The van der Waals surface area contributed by atoms with Crippen molar-refractivity contribution in [3.8, 4) is 5.75 Å². The molecular weight excluding hydrogens is 450 g/mol. The van der Waals surface area contributed by atoms with Crippen LogP contribution in [0.4, 0.5) is 0 Å². The molecule has 0 aliphatic carbocycles. The van der Waals surface area contributed by atoms with Crippen LogP contribution in [-0.4, -0.2) is 31.1 Å². The summed E-state index contributed by atoms with van der Waals surface area (Å²) in [5.41, 5.74) is 5.00. The van der Waals surface area contributed by atoms with Crippen LogP contribution in [0.15, 0.2) is 109 Å². The van der Waals surface area contributed by atoms with Crippen LogP contribution in [0.1, 0.15) is 47.9 Å². The predicted octanol–water partition coefficient (Wildman–Crippen LogP) is 8.02. The summed E-state index contributed by atoms with van der Waals surface area (Å²) in [6.07, 6.45) is 0. The summed E-state index contributed by atoms with van der Waals surface area (Å²) in [4.78, 5) is 2.35. The number of nitrogens with zero attached hydrogens (tertiary/aromatic N) is 1. The molecular formula is C32H34ClNO. The largest absolute Gasteiger partial charge is 0.491 e. The molecule has 3 heteroatoms. The first kappa shape index (κ1) is 25.0. The summed E-state index contributed by atoms with van der Waals surface area (Å²) in [5.74, 6) is 0.985. The molecule has 0 amide bonds. The molecule has 0 aliphatic rings. The van der Waals surface area contributed by atoms with Gasteiger partial charge in [0.2, 0.25) is 0 Å². The minimum Gasteiger partial charge on any atom is -0.491 e. The third-order valence-corrected chi connectivity index (χ3v) is 6.98. The first-order valence-corrected chi connectivity index (χ1v) is 12.9. The second-order valence-electron chi connectivity index (χ2n) is 8.75. The maximum atomic E-state index is 6.80. The zero-order valence-electron chi connectivity index (χ0n) is 20.6. The third kappa shape index (κ3) is 6.33. The van der Waals surface area contributed by atoms with Gasteiger partial charge in [0, 0.05) is 18.4 Å². The molecule has 4 aromatic carbocycles. The Bertz CT molecular complexity index is 1120. The highest BCUT2D eigenvalue weighted by molar-refractivity contribution is 6.32. The summed E-state index contributed by atoms with van der Waals surface area (Å²) in [6.45, 7) is 7.90. The first-order valence-electron chi connectivity index (χ1n) is 12.5. The number of hydrogen-bond acceptors (Lipinski definition) is 2. The fourth-order valence-electron chi connectivity index (χ4n) is 4.79. The third-order valence-electron chi connectivity index (χ3n) is 6.68. The SMILES string of the molecule is CCN(CC)CCOc1ccc(C(c2ccccc2)C(c2ccccc2)c2ccccc2)cc1Cl. The topological polar surface area (TPSA) is 12.5 Å². The molecule has 0 fully saturated rings. The normalized spacial score (nSPS) is 12.1. The summed E-state index contributed by atoms with van der Waals surface area (Å²) >= 11 is 6.80. The zero-order chi connectivity index (χ0) is 24.5. The van der Waals surface area contributed by atoms with E-state index in [1.807, 2.05) is 6.07 Å². The maximum Gasteiger partial charge on any atom is 0.137 e. The lowest BCUT2D eigenvalue weighted by molar-refractivity contribution is 0.223. The molecule has 180 valence electrons. The van der Waals surface area contributed by atoms with Crippen LogP contribution in [-0.2, 0) is 0 Å². The van der Waals surface area contributed by atoms with Crippen LogP contribution in [0.25, 0.3) is 0 Å². The van der Waals surface area contributed by atoms with Gasteiger partial charge in [-0.15, -0.1) is 0 Å². The lowest BCUT2D eigenvalue weighted by atomic mass is 9.74. The molecule has 1 atom stereocenters. The van der Waals surface area contributed by atoms with Crippen molar-refractivity contribution >= 4 is 11.6 Å². The van der Waals surface area contributed by atoms with E-state index in [1.54, 1.807) is 0 Å². The van der Waals surface area contributed by atoms with E-state index < -0.39 is 0 Å². The second kappa shape index (κ2) is 12.6. The first-order chi connectivity index (χ1) is 17.2. The van der Waals surface area contributed by atoms with E-state index in [0.29, 0.717) is 11.6 Å². The van der Waals surface area contributed by atoms with Crippen LogP contribution in [0.5, 0.6) is 5.75 Å². The van der Waals surface area contributed by atoms with E-state index in [9.17, 15) is 0 Å². The molecule has 2 nitrogen and oxygen atoms in total. The fourth-order valence-corrected chi connectivity index (χ4v) is 5.03. The maximum absolute atomic E-state index is 6.80. The van der Waals surface area contributed by atoms with E-state index in [-0.39, 0.29) is 11.8 Å². The molecule has 35 heavy (non-hydrogen) atoms. The van der Waals surface area contributed by atoms with E-state index in [0.717, 1.165) is 25.4 Å². The van der Waals surface area contributed by atoms with Crippen LogP contribution in [0, 0.1) is 0 Å². The molecule has 0 spiro atoms. The monoisotopic (exact) mass is 483 g/mol. The summed E-state index contributed by atoms with van der Waals surface area (Å²) in [6, 6.07) is 38.5. The average molecular weight is 484 g/mol. The van der Waals surface area contributed by atoms with E-state index >= 15 is 0 Å². The van der Waals surface area contributed by atoms with E-state index in [1.165, 1.54) is 22.3 Å². The van der Waals surface area contributed by atoms with Gasteiger partial charge in [0.25, 0.3) is 0 Å². The number of hydrogen-bond donors (Lipinski definition) is 0. The number of ether oxygens (including phenoxy) is 1. The smallest absolute Gasteiger partial charge is 0.137 e. The summed E-state index contributed by atoms with van der Waals surface area (Å²) < 4.78 is 6.07. The zero-order valence-corrected chi connectivity index (χ0v) is 21.4. The Morgan fingerprint density at radius 2 is 1.09 bits per heavy atom. The van der Waals surface area contributed by atoms with Gasteiger partial charge in [-0.25, -0.2) is 0 Å². The Morgan fingerprint density at radius 1 is 0.629 bits per heavy atom. The molecule has 0 heterocycles. The van der Waals surface area contributed by atoms with E-state index in [4.69, 9.17) is 16.3 Å². The van der Waals surface area contributed by atoms with E-state index in [2.05, 4.69) is 122 Å². The number of rotatable bonds is 11. The van der Waals surface area contributed by atoms with Crippen LogP contribution >= 0.6 is 11.6 Å². The van der Waals surface area contributed by atoms with Crippen molar-refractivity contribution in [2.45, 2.75) is 25.7 Å². The highest BCUT2D eigenvalue weighted by Crippen LogP contribution is 2.44. The Balaban J connectivity index is 1.72. The van der Waals surface area contributed by atoms with Gasteiger partial charge < -0.3 is 9.64 Å². The van der Waals surface area contributed by atoms with Crippen molar-refractivity contribution in [3.05, 3.63) is 136 Å². The molecule has 0 aliphatic heterocycles. The van der Waals surface area contributed by atoms with Gasteiger partial charge in [0.1, 0.15) is 12.4 Å². The fraction of sp³-hybridized carbons (Fsp3) is 0.250. The standard InChI is InChI=1S/C32H34ClNO/c1-3-34(4-2)22-23-35-30-21-20-28(24-29(30)33)32(27-18-12-7-13-19-27)31(25-14-8-5-9-15-25)26-16-10-6-11-17-26/h5-21,24,31-32H,3-4,22-23H2,1-2H3. The molecule has 0 saturated heterocycles. The van der Waals surface area contributed by atoms with Crippen molar-refractivity contribution in [3.63, 3.8) is 0 Å².